The first-order valence-corrected chi connectivity index (χ1v) is 11.5. The van der Waals surface area contributed by atoms with E-state index in [1.807, 2.05) is 20.8 Å². The highest BCUT2D eigenvalue weighted by molar-refractivity contribution is 6.48. The number of ketones is 1. The maximum Gasteiger partial charge on any atom is 0.410 e. The van der Waals surface area contributed by atoms with Gasteiger partial charge in [-0.3, -0.25) is 4.79 Å². The van der Waals surface area contributed by atoms with Crippen LogP contribution in [0.15, 0.2) is 6.07 Å². The molecule has 1 aromatic rings. The lowest BCUT2D eigenvalue weighted by Crippen LogP contribution is -2.36. The van der Waals surface area contributed by atoms with Crippen molar-refractivity contribution in [1.82, 2.24) is 4.90 Å². The van der Waals surface area contributed by atoms with Crippen LogP contribution in [-0.4, -0.2) is 40.6 Å². The maximum atomic E-state index is 13.0. The minimum absolute atomic E-state index is 0.0338. The van der Waals surface area contributed by atoms with Crippen molar-refractivity contribution in [3.63, 3.8) is 0 Å². The lowest BCUT2D eigenvalue weighted by molar-refractivity contribution is -0.127. The summed E-state index contributed by atoms with van der Waals surface area (Å²) in [5, 5.41) is 11.1. The second kappa shape index (κ2) is 9.13. The molecule has 1 heterocycles. The number of aromatic hydroxyl groups is 1. The number of rotatable bonds is 3. The summed E-state index contributed by atoms with van der Waals surface area (Å²) in [6.07, 6.45) is 3.25. The Labute approximate surface area is 192 Å². The molecular formula is C22H28Cl3NO4. The number of halogens is 3. The number of hydrogen-bond donors (Lipinski definition) is 1. The smallest absolute Gasteiger partial charge is 0.410 e. The van der Waals surface area contributed by atoms with E-state index in [1.54, 1.807) is 4.90 Å². The van der Waals surface area contributed by atoms with E-state index < -0.39 is 5.60 Å². The average Bonchev–Trinajstić information content (AvgIpc) is 3.15. The van der Waals surface area contributed by atoms with E-state index in [1.165, 1.54) is 6.07 Å². The molecule has 1 amide bonds. The molecule has 1 atom stereocenters. The molecule has 0 spiro atoms. The van der Waals surface area contributed by atoms with Gasteiger partial charge in [0, 0.05) is 36.6 Å². The van der Waals surface area contributed by atoms with Crippen molar-refractivity contribution in [1.29, 1.82) is 0 Å². The molecule has 1 aromatic carbocycles. The average molecular weight is 477 g/mol. The summed E-state index contributed by atoms with van der Waals surface area (Å²) in [7, 11) is 0. The lowest BCUT2D eigenvalue weighted by atomic mass is 9.74. The Hall–Kier alpha value is -1.17. The van der Waals surface area contributed by atoms with Crippen LogP contribution in [0.3, 0.4) is 0 Å². The summed E-state index contributed by atoms with van der Waals surface area (Å²) >= 11 is 18.5. The van der Waals surface area contributed by atoms with Gasteiger partial charge in [0.1, 0.15) is 17.1 Å². The molecule has 0 unspecified atom stereocenters. The molecule has 8 heteroatoms. The Morgan fingerprint density at radius 1 is 1.03 bits per heavy atom. The van der Waals surface area contributed by atoms with Gasteiger partial charge in [0.05, 0.1) is 15.1 Å². The molecule has 3 rings (SSSR count). The largest absolute Gasteiger partial charge is 0.508 e. The van der Waals surface area contributed by atoms with Crippen LogP contribution in [0.2, 0.25) is 15.1 Å². The molecule has 1 aliphatic heterocycles. The zero-order valence-electron chi connectivity index (χ0n) is 17.5. The first-order valence-electron chi connectivity index (χ1n) is 10.4. The highest BCUT2D eigenvalue weighted by Gasteiger charge is 2.38. The van der Waals surface area contributed by atoms with Crippen molar-refractivity contribution >= 4 is 46.7 Å². The van der Waals surface area contributed by atoms with E-state index in [0.29, 0.717) is 30.1 Å². The molecule has 2 aliphatic rings. The van der Waals surface area contributed by atoms with Gasteiger partial charge < -0.3 is 14.7 Å². The first-order chi connectivity index (χ1) is 14.0. The van der Waals surface area contributed by atoms with Crippen molar-refractivity contribution < 1.29 is 19.4 Å². The number of Topliss-reactive ketones (excluding diaryl/α,β-unsaturated/α-hetero) is 1. The summed E-state index contributed by atoms with van der Waals surface area (Å²) in [5.41, 5.74) is 0.0727. The molecule has 1 saturated carbocycles. The van der Waals surface area contributed by atoms with Crippen LogP contribution in [0.1, 0.15) is 64.4 Å². The van der Waals surface area contributed by atoms with Crippen LogP contribution in [0, 0.1) is 11.8 Å². The topological polar surface area (TPSA) is 66.8 Å². The van der Waals surface area contributed by atoms with Gasteiger partial charge in [0.15, 0.2) is 0 Å². The van der Waals surface area contributed by atoms with Gasteiger partial charge >= 0.3 is 6.09 Å². The Morgan fingerprint density at radius 3 is 2.27 bits per heavy atom. The third kappa shape index (κ3) is 5.17. The van der Waals surface area contributed by atoms with Crippen molar-refractivity contribution in [2.75, 3.05) is 13.1 Å². The molecule has 0 bridgehead atoms. The SMILES string of the molecule is CC(C)(C)OC(=O)N1CC[C@H](C(=O)C2CCC(c3c(O)cc(Cl)c(Cl)c3Cl)CC2)C1. The van der Waals surface area contributed by atoms with E-state index in [-0.39, 0.29) is 45.4 Å². The predicted octanol–water partition coefficient (Wildman–Crippen LogP) is 6.45. The highest BCUT2D eigenvalue weighted by Crippen LogP contribution is 2.47. The second-order valence-corrected chi connectivity index (χ2v) is 10.4. The van der Waals surface area contributed by atoms with E-state index in [9.17, 15) is 14.7 Å². The van der Waals surface area contributed by atoms with Gasteiger partial charge in [0.25, 0.3) is 0 Å². The molecule has 2 fully saturated rings. The number of hydrogen-bond acceptors (Lipinski definition) is 4. The third-order valence-corrected chi connectivity index (χ3v) is 7.24. The fourth-order valence-corrected chi connectivity index (χ4v) is 5.23. The van der Waals surface area contributed by atoms with Crippen LogP contribution >= 0.6 is 34.8 Å². The zero-order chi connectivity index (χ0) is 22.2. The van der Waals surface area contributed by atoms with Crippen LogP contribution in [0.5, 0.6) is 5.75 Å². The number of likely N-dealkylation sites (tertiary alicyclic amines) is 1. The number of carbonyl (C=O) groups excluding carboxylic acids is 2. The van der Waals surface area contributed by atoms with Crippen LogP contribution in [0.4, 0.5) is 4.79 Å². The molecule has 30 heavy (non-hydrogen) atoms. The number of carbonyl (C=O) groups is 2. The molecule has 1 aliphatic carbocycles. The monoisotopic (exact) mass is 475 g/mol. The highest BCUT2D eigenvalue weighted by atomic mass is 35.5. The van der Waals surface area contributed by atoms with E-state index in [0.717, 1.165) is 25.7 Å². The van der Waals surface area contributed by atoms with Crippen molar-refractivity contribution in [2.24, 2.45) is 11.8 Å². The van der Waals surface area contributed by atoms with Crippen LogP contribution in [0.25, 0.3) is 0 Å². The molecule has 166 valence electrons. The lowest BCUT2D eigenvalue weighted by Gasteiger charge is -2.30. The Kier molecular flexibility index (Phi) is 7.15. The van der Waals surface area contributed by atoms with Gasteiger partial charge in [0.2, 0.25) is 0 Å². The number of benzene rings is 1. The van der Waals surface area contributed by atoms with Crippen molar-refractivity contribution in [3.05, 3.63) is 26.7 Å². The Bertz CT molecular complexity index is 829. The van der Waals surface area contributed by atoms with Crippen molar-refractivity contribution in [3.8, 4) is 5.75 Å². The minimum Gasteiger partial charge on any atom is -0.508 e. The summed E-state index contributed by atoms with van der Waals surface area (Å²) in [4.78, 5) is 26.9. The second-order valence-electron chi connectivity index (χ2n) is 9.28. The van der Waals surface area contributed by atoms with Crippen molar-refractivity contribution in [2.45, 2.75) is 64.4 Å². The first kappa shape index (κ1) is 23.5. The van der Waals surface area contributed by atoms with E-state index >= 15 is 0 Å². The molecule has 5 nitrogen and oxygen atoms in total. The summed E-state index contributed by atoms with van der Waals surface area (Å²) in [6.45, 7) is 6.47. The molecule has 0 aromatic heterocycles. The maximum absolute atomic E-state index is 13.0. The fraction of sp³-hybridized carbons (Fsp3) is 0.636. The number of ether oxygens (including phenoxy) is 1. The molecule has 1 N–H and O–H groups in total. The van der Waals surface area contributed by atoms with Gasteiger partial charge in [-0.2, -0.15) is 0 Å². The number of phenolic OH excluding ortho intramolecular Hbond substituents is 1. The van der Waals surface area contributed by atoms with Crippen LogP contribution in [-0.2, 0) is 9.53 Å². The normalized spacial score (nSPS) is 24.7. The predicted molar refractivity (Wildman–Crippen MR) is 119 cm³/mol. The summed E-state index contributed by atoms with van der Waals surface area (Å²) in [6, 6.07) is 1.42. The number of nitrogens with zero attached hydrogens (tertiary/aromatic N) is 1. The minimum atomic E-state index is -0.547. The summed E-state index contributed by atoms with van der Waals surface area (Å²) < 4.78 is 5.42. The van der Waals surface area contributed by atoms with E-state index in [4.69, 9.17) is 39.5 Å². The third-order valence-electron chi connectivity index (χ3n) is 5.96. The fourth-order valence-electron chi connectivity index (χ4n) is 4.47. The van der Waals surface area contributed by atoms with Gasteiger partial charge in [-0.25, -0.2) is 4.79 Å². The van der Waals surface area contributed by atoms with Gasteiger partial charge in [-0.1, -0.05) is 34.8 Å². The number of phenols is 1. The van der Waals surface area contributed by atoms with Gasteiger partial charge in [-0.15, -0.1) is 0 Å². The van der Waals surface area contributed by atoms with E-state index in [2.05, 4.69) is 0 Å². The summed E-state index contributed by atoms with van der Waals surface area (Å²) in [5.74, 6) is 0.143. The Morgan fingerprint density at radius 2 is 1.67 bits per heavy atom. The standard InChI is InChI=1S/C22H28Cl3NO4/c1-22(2,3)30-21(29)26-9-8-14(11-26)20(28)13-6-4-12(5-7-13)17-16(27)10-15(23)18(24)19(17)25/h10,12-14,27H,4-9,11H2,1-3H3/t12?,13?,14-/m0/s1. The molecule has 1 saturated heterocycles. The Balaban J connectivity index is 1.58. The molecular weight excluding hydrogens is 449 g/mol. The molecule has 0 radical (unpaired) electrons. The van der Waals surface area contributed by atoms with Crippen LogP contribution < -0.4 is 0 Å². The number of amides is 1. The van der Waals surface area contributed by atoms with Gasteiger partial charge in [-0.05, 0) is 58.8 Å². The quantitative estimate of drug-likeness (QED) is 0.509. The zero-order valence-corrected chi connectivity index (χ0v) is 19.8.